The van der Waals surface area contributed by atoms with E-state index in [2.05, 4.69) is 24.8 Å². The molecule has 1 aliphatic heterocycles. The third kappa shape index (κ3) is 6.02. The monoisotopic (exact) mass is 491 g/mol. The molecule has 1 aliphatic rings. The molecule has 1 amide bonds. The summed E-state index contributed by atoms with van der Waals surface area (Å²) in [6.45, 7) is 9.43. The van der Waals surface area contributed by atoms with E-state index >= 15 is 0 Å². The maximum atomic E-state index is 13.0. The summed E-state index contributed by atoms with van der Waals surface area (Å²) in [6.07, 6.45) is 0. The van der Waals surface area contributed by atoms with Gasteiger partial charge in [0.05, 0.1) is 31.3 Å². The lowest BCUT2D eigenvalue weighted by Gasteiger charge is -2.33. The van der Waals surface area contributed by atoms with Gasteiger partial charge in [0.15, 0.2) is 5.82 Å². The second-order valence-corrected chi connectivity index (χ2v) is 9.72. The van der Waals surface area contributed by atoms with E-state index in [1.807, 2.05) is 60.1 Å². The van der Waals surface area contributed by atoms with Crippen molar-refractivity contribution in [1.29, 1.82) is 5.26 Å². The average Bonchev–Trinajstić information content (AvgIpc) is 3.18. The fourth-order valence-electron chi connectivity index (χ4n) is 4.12. The molecule has 8 heteroatoms. The van der Waals surface area contributed by atoms with E-state index in [0.29, 0.717) is 55.1 Å². The van der Waals surface area contributed by atoms with Gasteiger partial charge in [0.2, 0.25) is 5.91 Å². The minimum absolute atomic E-state index is 0.000880. The first-order chi connectivity index (χ1) is 16.8. The van der Waals surface area contributed by atoms with Crippen molar-refractivity contribution in [2.75, 3.05) is 31.1 Å². The molecule has 0 spiro atoms. The van der Waals surface area contributed by atoms with Crippen LogP contribution in [0.4, 0.5) is 5.82 Å². The number of aromatic nitrogens is 2. The quantitative estimate of drug-likeness (QED) is 0.458. The number of ether oxygens (including phenoxy) is 1. The molecule has 0 unspecified atom stereocenters. The summed E-state index contributed by atoms with van der Waals surface area (Å²) in [4.78, 5) is 16.8. The number of rotatable bonds is 8. The van der Waals surface area contributed by atoms with Crippen LogP contribution >= 0.6 is 11.6 Å². The Kier molecular flexibility index (Phi) is 7.74. The van der Waals surface area contributed by atoms with Gasteiger partial charge in [0.1, 0.15) is 5.75 Å². The Balaban J connectivity index is 1.45. The minimum atomic E-state index is -0.000880. The van der Waals surface area contributed by atoms with Crippen LogP contribution in [0.25, 0.3) is 0 Å². The summed E-state index contributed by atoms with van der Waals surface area (Å²) in [7, 11) is 0. The van der Waals surface area contributed by atoms with E-state index in [-0.39, 0.29) is 12.5 Å². The van der Waals surface area contributed by atoms with Crippen molar-refractivity contribution in [1.82, 2.24) is 14.7 Å². The molecule has 182 valence electrons. The fraction of sp³-hybridized carbons (Fsp3) is 0.370. The first-order valence-corrected chi connectivity index (χ1v) is 12.2. The summed E-state index contributed by atoms with van der Waals surface area (Å²) in [6, 6.07) is 17.3. The number of aryl methyl sites for hydroxylation is 1. The van der Waals surface area contributed by atoms with Crippen molar-refractivity contribution in [3.63, 3.8) is 0 Å². The number of nitriles is 1. The second kappa shape index (κ2) is 10.9. The van der Waals surface area contributed by atoms with Gasteiger partial charge in [-0.1, -0.05) is 43.6 Å². The zero-order valence-electron chi connectivity index (χ0n) is 20.4. The van der Waals surface area contributed by atoms with Gasteiger partial charge in [0, 0.05) is 42.0 Å². The lowest BCUT2D eigenvalue weighted by atomic mass is 10.1. The molecule has 0 aliphatic carbocycles. The minimum Gasteiger partial charge on any atom is -0.493 e. The van der Waals surface area contributed by atoms with Crippen LogP contribution in [-0.4, -0.2) is 46.8 Å². The van der Waals surface area contributed by atoms with Crippen LogP contribution in [0.2, 0.25) is 5.02 Å². The van der Waals surface area contributed by atoms with Gasteiger partial charge in [0.25, 0.3) is 0 Å². The van der Waals surface area contributed by atoms with Crippen molar-refractivity contribution in [2.24, 2.45) is 5.92 Å². The summed E-state index contributed by atoms with van der Waals surface area (Å²) >= 11 is 6.26. The number of hydrogen-bond donors (Lipinski definition) is 0. The molecule has 2 heterocycles. The van der Waals surface area contributed by atoms with Crippen molar-refractivity contribution in [2.45, 2.75) is 33.9 Å². The molecule has 0 radical (unpaired) electrons. The first kappa shape index (κ1) is 24.8. The summed E-state index contributed by atoms with van der Waals surface area (Å²) in [5.74, 6) is 1.85. The molecule has 1 aromatic heterocycles. The molecule has 1 saturated heterocycles. The highest BCUT2D eigenvalue weighted by molar-refractivity contribution is 6.30. The normalized spacial score (nSPS) is 14.4. The van der Waals surface area contributed by atoms with Gasteiger partial charge in [-0.25, -0.2) is 0 Å². The molecule has 0 N–H and O–H groups in total. The van der Waals surface area contributed by atoms with Crippen LogP contribution in [0.1, 0.15) is 36.2 Å². The number of carbonyl (C=O) groups excluding carboxylic acids is 1. The van der Waals surface area contributed by atoms with E-state index in [1.165, 1.54) is 0 Å². The number of amides is 1. The third-order valence-electron chi connectivity index (χ3n) is 5.99. The second-order valence-electron chi connectivity index (χ2n) is 9.28. The summed E-state index contributed by atoms with van der Waals surface area (Å²) in [5.41, 5.74) is 3.49. The standard InChI is InChI=1S/C27H30ClN5O2/c1-19(2)18-35-25-9-8-24(28)13-23(25)16-33-20(3)12-26(30-33)32-11-10-31(17-27(32)34)15-22-7-5-4-6-21(22)14-29/h4-9,12-13,19H,10-11,15-18H2,1-3H3. The topological polar surface area (TPSA) is 74.4 Å². The van der Waals surface area contributed by atoms with E-state index in [0.717, 1.165) is 22.6 Å². The maximum Gasteiger partial charge on any atom is 0.242 e. The zero-order valence-corrected chi connectivity index (χ0v) is 21.1. The molecule has 0 bridgehead atoms. The van der Waals surface area contributed by atoms with E-state index in [1.54, 1.807) is 4.90 Å². The molecule has 2 aromatic carbocycles. The zero-order chi connectivity index (χ0) is 24.9. The lowest BCUT2D eigenvalue weighted by Crippen LogP contribution is -2.50. The molecular weight excluding hydrogens is 462 g/mol. The van der Waals surface area contributed by atoms with Crippen LogP contribution in [0.5, 0.6) is 5.75 Å². The fourth-order valence-corrected chi connectivity index (χ4v) is 4.32. The smallest absolute Gasteiger partial charge is 0.242 e. The Bertz CT molecular complexity index is 1250. The van der Waals surface area contributed by atoms with Crippen LogP contribution in [0.15, 0.2) is 48.5 Å². The van der Waals surface area contributed by atoms with Gasteiger partial charge in [-0.3, -0.25) is 19.3 Å². The molecular formula is C27H30ClN5O2. The van der Waals surface area contributed by atoms with Crippen LogP contribution in [0.3, 0.4) is 0 Å². The van der Waals surface area contributed by atoms with E-state index in [4.69, 9.17) is 21.4 Å². The first-order valence-electron chi connectivity index (χ1n) is 11.8. The van der Waals surface area contributed by atoms with Gasteiger partial charge in [-0.15, -0.1) is 0 Å². The highest BCUT2D eigenvalue weighted by Crippen LogP contribution is 2.26. The van der Waals surface area contributed by atoms with Gasteiger partial charge in [-0.05, 0) is 42.7 Å². The number of nitrogens with zero attached hydrogens (tertiary/aromatic N) is 5. The molecule has 0 saturated carbocycles. The van der Waals surface area contributed by atoms with E-state index in [9.17, 15) is 10.1 Å². The highest BCUT2D eigenvalue weighted by atomic mass is 35.5. The Hall–Kier alpha value is -3.34. The number of hydrogen-bond acceptors (Lipinski definition) is 5. The molecule has 4 rings (SSSR count). The summed E-state index contributed by atoms with van der Waals surface area (Å²) < 4.78 is 7.87. The van der Waals surface area contributed by atoms with Gasteiger partial charge < -0.3 is 4.74 Å². The Labute approximate surface area is 211 Å². The van der Waals surface area contributed by atoms with Crippen molar-refractivity contribution in [3.8, 4) is 11.8 Å². The van der Waals surface area contributed by atoms with E-state index < -0.39 is 0 Å². The maximum absolute atomic E-state index is 13.0. The molecule has 1 fully saturated rings. The predicted molar refractivity (Wildman–Crippen MR) is 137 cm³/mol. The molecule has 35 heavy (non-hydrogen) atoms. The number of halogens is 1. The predicted octanol–water partition coefficient (Wildman–Crippen LogP) is 4.65. The molecule has 3 aromatic rings. The largest absolute Gasteiger partial charge is 0.493 e. The highest BCUT2D eigenvalue weighted by Gasteiger charge is 2.27. The SMILES string of the molecule is Cc1cc(N2CCN(Cc3ccccc3C#N)CC2=O)nn1Cc1cc(Cl)ccc1OCC(C)C. The lowest BCUT2D eigenvalue weighted by molar-refractivity contribution is -0.121. The van der Waals surface area contributed by atoms with Crippen molar-refractivity contribution >= 4 is 23.3 Å². The number of benzene rings is 2. The number of anilines is 1. The number of carbonyl (C=O) groups is 1. The van der Waals surface area contributed by atoms with Gasteiger partial charge >= 0.3 is 0 Å². The number of piperazine rings is 1. The Morgan fingerprint density at radius 1 is 1.11 bits per heavy atom. The van der Waals surface area contributed by atoms with Gasteiger partial charge in [-0.2, -0.15) is 10.4 Å². The van der Waals surface area contributed by atoms with Crippen LogP contribution < -0.4 is 9.64 Å². The molecule has 0 atom stereocenters. The Morgan fingerprint density at radius 3 is 2.66 bits per heavy atom. The Morgan fingerprint density at radius 2 is 1.91 bits per heavy atom. The van der Waals surface area contributed by atoms with Crippen molar-refractivity contribution in [3.05, 3.63) is 75.9 Å². The average molecular weight is 492 g/mol. The summed E-state index contributed by atoms with van der Waals surface area (Å²) in [5, 5.41) is 14.7. The third-order valence-corrected chi connectivity index (χ3v) is 6.23. The van der Waals surface area contributed by atoms with Crippen LogP contribution in [-0.2, 0) is 17.9 Å². The van der Waals surface area contributed by atoms with Crippen LogP contribution in [0, 0.1) is 24.2 Å². The van der Waals surface area contributed by atoms with Crippen molar-refractivity contribution < 1.29 is 9.53 Å². The molecule has 7 nitrogen and oxygen atoms in total.